The molecule has 0 aliphatic rings. The SMILES string of the molecule is Cc1sccc1C(COC(C)C)NN. The average Bonchev–Trinajstić information content (AvgIpc) is 2.53. The maximum atomic E-state index is 5.54. The normalized spacial score (nSPS) is 13.5. The van der Waals surface area contributed by atoms with Gasteiger partial charge in [-0.1, -0.05) is 0 Å². The van der Waals surface area contributed by atoms with E-state index < -0.39 is 0 Å². The average molecular weight is 214 g/mol. The second-order valence-electron chi connectivity index (χ2n) is 3.53. The lowest BCUT2D eigenvalue weighted by molar-refractivity contribution is 0.0611. The molecule has 0 radical (unpaired) electrons. The summed E-state index contributed by atoms with van der Waals surface area (Å²) in [4.78, 5) is 1.29. The Morgan fingerprint density at radius 1 is 1.57 bits per heavy atom. The lowest BCUT2D eigenvalue weighted by Gasteiger charge is -2.17. The molecule has 1 aromatic heterocycles. The largest absolute Gasteiger partial charge is 0.377 e. The van der Waals surface area contributed by atoms with Gasteiger partial charge in [-0.2, -0.15) is 0 Å². The molecule has 0 aliphatic carbocycles. The third kappa shape index (κ3) is 3.06. The minimum Gasteiger partial charge on any atom is -0.377 e. The van der Waals surface area contributed by atoms with Gasteiger partial charge >= 0.3 is 0 Å². The predicted octanol–water partition coefficient (Wildman–Crippen LogP) is 1.99. The predicted molar refractivity (Wildman–Crippen MR) is 60.2 cm³/mol. The van der Waals surface area contributed by atoms with Crippen molar-refractivity contribution in [1.29, 1.82) is 0 Å². The summed E-state index contributed by atoms with van der Waals surface area (Å²) in [6.07, 6.45) is 0.241. The lowest BCUT2D eigenvalue weighted by Crippen LogP contribution is -2.32. The minimum absolute atomic E-state index is 0.101. The summed E-state index contributed by atoms with van der Waals surface area (Å²) in [5, 5.41) is 2.07. The molecule has 3 N–H and O–H groups in total. The zero-order chi connectivity index (χ0) is 10.6. The van der Waals surface area contributed by atoms with Crippen LogP contribution < -0.4 is 11.3 Å². The van der Waals surface area contributed by atoms with Crippen LogP contribution in [0.5, 0.6) is 0 Å². The molecule has 1 rings (SSSR count). The van der Waals surface area contributed by atoms with Gasteiger partial charge in [0.25, 0.3) is 0 Å². The van der Waals surface area contributed by atoms with Crippen molar-refractivity contribution in [2.24, 2.45) is 5.84 Å². The van der Waals surface area contributed by atoms with E-state index in [1.165, 1.54) is 10.4 Å². The maximum Gasteiger partial charge on any atom is 0.0704 e. The number of nitrogens with one attached hydrogen (secondary N) is 1. The second-order valence-corrected chi connectivity index (χ2v) is 4.65. The second kappa shape index (κ2) is 5.46. The monoisotopic (exact) mass is 214 g/mol. The van der Waals surface area contributed by atoms with Gasteiger partial charge in [0, 0.05) is 4.88 Å². The summed E-state index contributed by atoms with van der Waals surface area (Å²) in [6.45, 7) is 6.76. The third-order valence-corrected chi connectivity index (χ3v) is 2.93. The van der Waals surface area contributed by atoms with Gasteiger partial charge in [0.1, 0.15) is 0 Å². The van der Waals surface area contributed by atoms with E-state index in [2.05, 4.69) is 23.8 Å². The molecule has 1 atom stereocenters. The standard InChI is InChI=1S/C10H18N2OS/c1-7(2)13-6-10(12-11)9-4-5-14-8(9)3/h4-5,7,10,12H,6,11H2,1-3H3. The van der Waals surface area contributed by atoms with Crippen molar-refractivity contribution in [1.82, 2.24) is 5.43 Å². The van der Waals surface area contributed by atoms with Crippen molar-refractivity contribution >= 4 is 11.3 Å². The Kier molecular flexibility index (Phi) is 4.54. The molecule has 4 heteroatoms. The zero-order valence-electron chi connectivity index (χ0n) is 8.91. The smallest absolute Gasteiger partial charge is 0.0704 e. The first-order valence-electron chi connectivity index (χ1n) is 4.77. The molecule has 0 fully saturated rings. The first-order valence-corrected chi connectivity index (χ1v) is 5.64. The summed E-state index contributed by atoms with van der Waals surface area (Å²) in [5.41, 5.74) is 4.02. The van der Waals surface area contributed by atoms with E-state index in [1.807, 2.05) is 13.8 Å². The molecule has 1 unspecified atom stereocenters. The van der Waals surface area contributed by atoms with E-state index in [1.54, 1.807) is 11.3 Å². The number of hydrazine groups is 1. The van der Waals surface area contributed by atoms with Gasteiger partial charge in [0.15, 0.2) is 0 Å². The van der Waals surface area contributed by atoms with Crippen LogP contribution in [0.25, 0.3) is 0 Å². The maximum absolute atomic E-state index is 5.54. The topological polar surface area (TPSA) is 47.3 Å². The Hall–Kier alpha value is -0.420. The summed E-state index contributed by atoms with van der Waals surface area (Å²) in [7, 11) is 0. The summed E-state index contributed by atoms with van der Waals surface area (Å²) in [6, 6.07) is 2.19. The summed E-state index contributed by atoms with van der Waals surface area (Å²) >= 11 is 1.73. The number of aryl methyl sites for hydroxylation is 1. The molecule has 14 heavy (non-hydrogen) atoms. The van der Waals surface area contributed by atoms with Crippen molar-refractivity contribution in [3.05, 3.63) is 21.9 Å². The van der Waals surface area contributed by atoms with Crippen LogP contribution in [0.4, 0.5) is 0 Å². The van der Waals surface area contributed by atoms with Gasteiger partial charge in [-0.25, -0.2) is 0 Å². The third-order valence-electron chi connectivity index (χ3n) is 2.07. The quantitative estimate of drug-likeness (QED) is 0.582. The van der Waals surface area contributed by atoms with Crippen LogP contribution in [0.2, 0.25) is 0 Å². The molecule has 3 nitrogen and oxygen atoms in total. The van der Waals surface area contributed by atoms with Gasteiger partial charge < -0.3 is 4.74 Å². The Bertz CT molecular complexity index is 273. The van der Waals surface area contributed by atoms with Crippen LogP contribution in [0.1, 0.15) is 30.3 Å². The van der Waals surface area contributed by atoms with Gasteiger partial charge in [-0.3, -0.25) is 11.3 Å². The molecule has 0 spiro atoms. The molecule has 0 saturated heterocycles. The molecule has 0 saturated carbocycles. The number of hydrogen-bond acceptors (Lipinski definition) is 4. The van der Waals surface area contributed by atoms with Crippen molar-refractivity contribution < 1.29 is 4.74 Å². The molecule has 0 aromatic carbocycles. The van der Waals surface area contributed by atoms with Crippen LogP contribution >= 0.6 is 11.3 Å². The summed E-state index contributed by atoms with van der Waals surface area (Å²) < 4.78 is 5.54. The van der Waals surface area contributed by atoms with Crippen LogP contribution in [0.3, 0.4) is 0 Å². The fourth-order valence-electron chi connectivity index (χ4n) is 1.27. The van der Waals surface area contributed by atoms with E-state index >= 15 is 0 Å². The summed E-state index contributed by atoms with van der Waals surface area (Å²) in [5.74, 6) is 5.49. The molecule has 1 aromatic rings. The van der Waals surface area contributed by atoms with Crippen LogP contribution in [0, 0.1) is 6.92 Å². The van der Waals surface area contributed by atoms with Crippen LogP contribution in [-0.2, 0) is 4.74 Å². The van der Waals surface area contributed by atoms with Gasteiger partial charge in [-0.15, -0.1) is 11.3 Å². The van der Waals surface area contributed by atoms with E-state index in [4.69, 9.17) is 10.6 Å². The Labute approximate surface area is 89.2 Å². The van der Waals surface area contributed by atoms with Crippen LogP contribution in [0.15, 0.2) is 11.4 Å². The highest BCUT2D eigenvalue weighted by molar-refractivity contribution is 7.10. The Morgan fingerprint density at radius 3 is 2.71 bits per heavy atom. The van der Waals surface area contributed by atoms with Gasteiger partial charge in [-0.05, 0) is 37.8 Å². The molecule has 80 valence electrons. The van der Waals surface area contributed by atoms with E-state index in [0.29, 0.717) is 6.61 Å². The minimum atomic E-state index is 0.101. The highest BCUT2D eigenvalue weighted by atomic mass is 32.1. The van der Waals surface area contributed by atoms with Crippen molar-refractivity contribution in [2.45, 2.75) is 32.9 Å². The number of ether oxygens (including phenoxy) is 1. The van der Waals surface area contributed by atoms with E-state index in [-0.39, 0.29) is 12.1 Å². The molecule has 0 amide bonds. The lowest BCUT2D eigenvalue weighted by atomic mass is 10.1. The fraction of sp³-hybridized carbons (Fsp3) is 0.600. The zero-order valence-corrected chi connectivity index (χ0v) is 9.73. The molecule has 0 aliphatic heterocycles. The van der Waals surface area contributed by atoms with E-state index in [0.717, 1.165) is 0 Å². The Balaban J connectivity index is 2.58. The Morgan fingerprint density at radius 2 is 2.29 bits per heavy atom. The molecule has 0 bridgehead atoms. The van der Waals surface area contributed by atoms with E-state index in [9.17, 15) is 0 Å². The number of nitrogens with two attached hydrogens (primary N) is 1. The first kappa shape index (κ1) is 11.7. The number of rotatable bonds is 5. The molecule has 1 heterocycles. The number of hydrogen-bond donors (Lipinski definition) is 2. The van der Waals surface area contributed by atoms with Gasteiger partial charge in [0.05, 0.1) is 18.8 Å². The molecular weight excluding hydrogens is 196 g/mol. The number of thiophene rings is 1. The van der Waals surface area contributed by atoms with Crippen molar-refractivity contribution in [3.63, 3.8) is 0 Å². The van der Waals surface area contributed by atoms with Gasteiger partial charge in [0.2, 0.25) is 0 Å². The highest BCUT2D eigenvalue weighted by Gasteiger charge is 2.13. The fourth-order valence-corrected chi connectivity index (χ4v) is 2.04. The first-order chi connectivity index (χ1) is 6.65. The molecular formula is C10H18N2OS. The van der Waals surface area contributed by atoms with Crippen LogP contribution in [-0.4, -0.2) is 12.7 Å². The van der Waals surface area contributed by atoms with Crippen molar-refractivity contribution in [2.75, 3.05) is 6.61 Å². The highest BCUT2D eigenvalue weighted by Crippen LogP contribution is 2.22. The van der Waals surface area contributed by atoms with Crippen molar-refractivity contribution in [3.8, 4) is 0 Å².